The molecule has 0 bridgehead atoms. The number of carbonyl (C=O) groups excluding carboxylic acids is 1. The van der Waals surface area contributed by atoms with Crippen LogP contribution < -0.4 is 0 Å². The number of benzene rings is 1. The van der Waals surface area contributed by atoms with E-state index >= 15 is 0 Å². The van der Waals surface area contributed by atoms with Gasteiger partial charge in [0, 0.05) is 12.0 Å². The summed E-state index contributed by atoms with van der Waals surface area (Å²) in [6, 6.07) is 3.21. The Kier molecular flexibility index (Phi) is 4.10. The summed E-state index contributed by atoms with van der Waals surface area (Å²) in [4.78, 5) is 12.3. The van der Waals surface area contributed by atoms with Crippen LogP contribution in [0.25, 0.3) is 0 Å². The molecule has 3 heteroatoms. The van der Waals surface area contributed by atoms with E-state index in [1.807, 2.05) is 0 Å². The molecule has 0 spiro atoms. The average Bonchev–Trinajstić information content (AvgIpc) is 2.38. The molecule has 0 N–H and O–H groups in total. The highest BCUT2D eigenvalue weighted by Crippen LogP contribution is 2.34. The van der Waals surface area contributed by atoms with Crippen LogP contribution in [0, 0.1) is 23.5 Å². The summed E-state index contributed by atoms with van der Waals surface area (Å²) in [7, 11) is 0. The predicted octanol–water partition coefficient (Wildman–Crippen LogP) is 4.36. The zero-order chi connectivity index (χ0) is 13.1. The second-order valence-electron chi connectivity index (χ2n) is 5.05. The van der Waals surface area contributed by atoms with Gasteiger partial charge in [-0.25, -0.2) is 8.78 Å². The molecule has 1 fully saturated rings. The van der Waals surface area contributed by atoms with E-state index in [-0.39, 0.29) is 17.3 Å². The molecule has 0 saturated heterocycles. The molecule has 18 heavy (non-hydrogen) atoms. The normalized spacial score (nSPS) is 23.9. The molecule has 2 unspecified atom stereocenters. The Morgan fingerprint density at radius 3 is 2.67 bits per heavy atom. The monoisotopic (exact) mass is 252 g/mol. The Morgan fingerprint density at radius 1 is 1.28 bits per heavy atom. The van der Waals surface area contributed by atoms with Gasteiger partial charge in [-0.05, 0) is 30.9 Å². The largest absolute Gasteiger partial charge is 0.294 e. The van der Waals surface area contributed by atoms with Gasteiger partial charge in [0.1, 0.15) is 11.6 Å². The minimum absolute atomic E-state index is 0.0433. The predicted molar refractivity (Wildman–Crippen MR) is 66.4 cm³/mol. The van der Waals surface area contributed by atoms with E-state index in [0.29, 0.717) is 5.92 Å². The Hall–Kier alpha value is -1.25. The van der Waals surface area contributed by atoms with Gasteiger partial charge in [0.15, 0.2) is 5.78 Å². The molecule has 1 aromatic carbocycles. The van der Waals surface area contributed by atoms with E-state index in [4.69, 9.17) is 0 Å². The van der Waals surface area contributed by atoms with Crippen LogP contribution in [0.4, 0.5) is 8.78 Å². The van der Waals surface area contributed by atoms with Crippen molar-refractivity contribution in [2.75, 3.05) is 0 Å². The summed E-state index contributed by atoms with van der Waals surface area (Å²) in [5.74, 6) is -1.28. The second-order valence-corrected chi connectivity index (χ2v) is 5.05. The molecule has 2 rings (SSSR count). The molecule has 1 nitrogen and oxygen atoms in total. The van der Waals surface area contributed by atoms with Crippen LogP contribution in [0.1, 0.15) is 49.4 Å². The molecule has 2 atom stereocenters. The molecule has 0 aliphatic heterocycles. The van der Waals surface area contributed by atoms with E-state index in [1.54, 1.807) is 0 Å². The first-order valence-electron chi connectivity index (χ1n) is 6.62. The van der Waals surface area contributed by atoms with Crippen LogP contribution in [-0.2, 0) is 0 Å². The van der Waals surface area contributed by atoms with E-state index < -0.39 is 11.6 Å². The minimum atomic E-state index is -0.736. The van der Waals surface area contributed by atoms with Crippen molar-refractivity contribution in [3.8, 4) is 0 Å². The Labute approximate surface area is 106 Å². The van der Waals surface area contributed by atoms with Gasteiger partial charge in [0.25, 0.3) is 0 Å². The number of hydrogen-bond donors (Lipinski definition) is 0. The molecular weight excluding hydrogens is 234 g/mol. The van der Waals surface area contributed by atoms with Crippen LogP contribution in [0.15, 0.2) is 18.2 Å². The molecule has 98 valence electrons. The van der Waals surface area contributed by atoms with Crippen LogP contribution >= 0.6 is 0 Å². The molecule has 1 aromatic rings. The number of rotatable bonds is 3. The number of hydrogen-bond acceptors (Lipinski definition) is 1. The maximum atomic E-state index is 13.6. The van der Waals surface area contributed by atoms with Crippen molar-refractivity contribution in [3.63, 3.8) is 0 Å². The van der Waals surface area contributed by atoms with Gasteiger partial charge in [-0.3, -0.25) is 4.79 Å². The maximum absolute atomic E-state index is 13.6. The van der Waals surface area contributed by atoms with Crippen LogP contribution in [0.3, 0.4) is 0 Å². The van der Waals surface area contributed by atoms with E-state index in [0.717, 1.165) is 44.2 Å². The standard InChI is InChI=1S/C15H18F2O/c1-2-10-5-3-4-6-12(10)15(18)13-8-7-11(16)9-14(13)17/h7-10,12H,2-6H2,1H3. The van der Waals surface area contributed by atoms with Crippen LogP contribution in [0.2, 0.25) is 0 Å². The quantitative estimate of drug-likeness (QED) is 0.730. The van der Waals surface area contributed by atoms with Crippen molar-refractivity contribution in [2.45, 2.75) is 39.0 Å². The van der Waals surface area contributed by atoms with Crippen molar-refractivity contribution in [1.82, 2.24) is 0 Å². The molecule has 0 radical (unpaired) electrons. The fourth-order valence-electron chi connectivity index (χ4n) is 2.93. The molecular formula is C15H18F2O. The van der Waals surface area contributed by atoms with E-state index in [9.17, 15) is 13.6 Å². The highest BCUT2D eigenvalue weighted by Gasteiger charge is 2.31. The zero-order valence-corrected chi connectivity index (χ0v) is 10.6. The van der Waals surface area contributed by atoms with Crippen molar-refractivity contribution in [1.29, 1.82) is 0 Å². The summed E-state index contributed by atoms with van der Waals surface area (Å²) < 4.78 is 26.5. The Morgan fingerprint density at radius 2 is 2.00 bits per heavy atom. The maximum Gasteiger partial charge on any atom is 0.169 e. The number of Topliss-reactive ketones (excluding diaryl/α,β-unsaturated/α-hetero) is 1. The molecule has 1 saturated carbocycles. The first-order valence-corrected chi connectivity index (χ1v) is 6.62. The highest BCUT2D eigenvalue weighted by atomic mass is 19.1. The van der Waals surface area contributed by atoms with Gasteiger partial charge in [-0.2, -0.15) is 0 Å². The first kappa shape index (κ1) is 13.2. The number of carbonyl (C=O) groups is 1. The summed E-state index contributed by atoms with van der Waals surface area (Å²) in [6.07, 6.45) is 4.98. The van der Waals surface area contributed by atoms with Gasteiger partial charge in [-0.15, -0.1) is 0 Å². The number of ketones is 1. The summed E-state index contributed by atoms with van der Waals surface area (Å²) in [5.41, 5.74) is 0.0433. The third-order valence-electron chi connectivity index (χ3n) is 3.97. The number of halogens is 2. The smallest absolute Gasteiger partial charge is 0.169 e. The highest BCUT2D eigenvalue weighted by molar-refractivity contribution is 5.98. The lowest BCUT2D eigenvalue weighted by atomic mass is 9.74. The van der Waals surface area contributed by atoms with Crippen molar-refractivity contribution >= 4 is 5.78 Å². The fourth-order valence-corrected chi connectivity index (χ4v) is 2.93. The Bertz CT molecular complexity index is 442. The van der Waals surface area contributed by atoms with Crippen LogP contribution in [-0.4, -0.2) is 5.78 Å². The molecule has 0 aromatic heterocycles. The fraction of sp³-hybridized carbons (Fsp3) is 0.533. The third kappa shape index (κ3) is 2.60. The molecule has 0 heterocycles. The Balaban J connectivity index is 2.24. The van der Waals surface area contributed by atoms with Gasteiger partial charge < -0.3 is 0 Å². The summed E-state index contributed by atoms with van der Waals surface area (Å²) >= 11 is 0. The SMILES string of the molecule is CCC1CCCCC1C(=O)c1ccc(F)cc1F. The van der Waals surface area contributed by atoms with Gasteiger partial charge in [0.05, 0.1) is 5.56 Å². The van der Waals surface area contributed by atoms with Gasteiger partial charge in [0.2, 0.25) is 0 Å². The summed E-state index contributed by atoms with van der Waals surface area (Å²) in [5, 5.41) is 0. The molecule has 1 aliphatic rings. The van der Waals surface area contributed by atoms with Gasteiger partial charge >= 0.3 is 0 Å². The second kappa shape index (κ2) is 5.59. The molecule has 0 amide bonds. The van der Waals surface area contributed by atoms with E-state index in [2.05, 4.69) is 6.92 Å². The zero-order valence-electron chi connectivity index (χ0n) is 10.6. The minimum Gasteiger partial charge on any atom is -0.294 e. The topological polar surface area (TPSA) is 17.1 Å². The molecule has 1 aliphatic carbocycles. The lowest BCUT2D eigenvalue weighted by Crippen LogP contribution is -2.27. The van der Waals surface area contributed by atoms with E-state index in [1.165, 1.54) is 6.07 Å². The lowest BCUT2D eigenvalue weighted by molar-refractivity contribution is 0.0816. The first-order chi connectivity index (χ1) is 8.63. The average molecular weight is 252 g/mol. The van der Waals surface area contributed by atoms with Crippen molar-refractivity contribution in [2.24, 2.45) is 11.8 Å². The summed E-state index contributed by atoms with van der Waals surface area (Å²) in [6.45, 7) is 2.07. The third-order valence-corrected chi connectivity index (χ3v) is 3.97. The van der Waals surface area contributed by atoms with Crippen LogP contribution in [0.5, 0.6) is 0 Å². The van der Waals surface area contributed by atoms with Crippen molar-refractivity contribution in [3.05, 3.63) is 35.4 Å². The van der Waals surface area contributed by atoms with Gasteiger partial charge in [-0.1, -0.05) is 26.2 Å². The van der Waals surface area contributed by atoms with Crippen molar-refractivity contribution < 1.29 is 13.6 Å². The lowest BCUT2D eigenvalue weighted by Gasteiger charge is -2.29.